The Morgan fingerprint density at radius 3 is 2.43 bits per heavy atom. The van der Waals surface area contributed by atoms with Crippen molar-refractivity contribution in [2.24, 2.45) is 5.84 Å². The Bertz CT molecular complexity index is 1010. The molecule has 190 valence electrons. The molecule has 5 N–H and O–H groups in total. The van der Waals surface area contributed by atoms with Gasteiger partial charge in [-0.2, -0.15) is 5.53 Å². The van der Waals surface area contributed by atoms with E-state index in [1.54, 1.807) is 24.3 Å². The Morgan fingerprint density at radius 2 is 1.69 bits per heavy atom. The molecule has 0 saturated heterocycles. The normalized spacial score (nSPS) is 12.9. The summed E-state index contributed by atoms with van der Waals surface area (Å²) in [7, 11) is 0. The maximum Gasteiger partial charge on any atom is 0.261 e. The van der Waals surface area contributed by atoms with Gasteiger partial charge in [-0.1, -0.05) is 38.3 Å². The van der Waals surface area contributed by atoms with Crippen molar-refractivity contribution in [3.05, 3.63) is 41.5 Å². The quantitative estimate of drug-likeness (QED) is 0.123. The highest BCUT2D eigenvalue weighted by molar-refractivity contribution is 6.26. The first-order valence-corrected chi connectivity index (χ1v) is 12.1. The van der Waals surface area contributed by atoms with Crippen LogP contribution in [0.2, 0.25) is 0 Å². The van der Waals surface area contributed by atoms with Gasteiger partial charge in [0, 0.05) is 48.0 Å². The van der Waals surface area contributed by atoms with Gasteiger partial charge in [-0.25, -0.2) is 0 Å². The number of carbonyl (C=O) groups is 3. The van der Waals surface area contributed by atoms with Gasteiger partial charge in [-0.15, -0.1) is 0 Å². The average molecular weight is 486 g/mol. The standard InChI is InChI=1S/C25H35N5O5/c1-2-3-4-5-14-34-16-17-35-15-12-27-22(31)11-13-30-24(32)19-8-6-7-18-21(28-29-26)10-9-20(23(18)19)25(30)33/h6-10,28-29H,2-5,11-17,26H2,1H3,(H,27,31). The predicted octanol–water partition coefficient (Wildman–Crippen LogP) is 2.35. The Hall–Kier alpha value is -3.05. The Labute approximate surface area is 205 Å². The van der Waals surface area contributed by atoms with E-state index in [4.69, 9.17) is 15.3 Å². The third-order valence-electron chi connectivity index (χ3n) is 5.84. The summed E-state index contributed by atoms with van der Waals surface area (Å²) in [4.78, 5) is 39.4. The molecule has 0 radical (unpaired) electrons. The summed E-state index contributed by atoms with van der Waals surface area (Å²) in [6.07, 6.45) is 4.70. The summed E-state index contributed by atoms with van der Waals surface area (Å²) >= 11 is 0. The van der Waals surface area contributed by atoms with Crippen LogP contribution < -0.4 is 22.1 Å². The van der Waals surface area contributed by atoms with E-state index in [2.05, 4.69) is 23.2 Å². The van der Waals surface area contributed by atoms with E-state index in [9.17, 15) is 14.4 Å². The van der Waals surface area contributed by atoms with Gasteiger partial charge in [-0.3, -0.25) is 25.1 Å². The lowest BCUT2D eigenvalue weighted by atomic mass is 9.93. The number of hydrogen-bond donors (Lipinski definition) is 4. The number of hydrazine groups is 2. The van der Waals surface area contributed by atoms with Gasteiger partial charge < -0.3 is 20.2 Å². The summed E-state index contributed by atoms with van der Waals surface area (Å²) in [5.74, 6) is 4.26. The molecule has 1 heterocycles. The molecule has 3 amide bonds. The Kier molecular flexibility index (Phi) is 10.4. The van der Waals surface area contributed by atoms with E-state index in [0.29, 0.717) is 54.0 Å². The van der Waals surface area contributed by atoms with Gasteiger partial charge in [0.2, 0.25) is 5.91 Å². The third-order valence-corrected chi connectivity index (χ3v) is 5.84. The number of anilines is 1. The molecule has 2 aromatic carbocycles. The lowest BCUT2D eigenvalue weighted by molar-refractivity contribution is -0.121. The lowest BCUT2D eigenvalue weighted by Gasteiger charge is -2.27. The highest BCUT2D eigenvalue weighted by atomic mass is 16.5. The number of benzene rings is 2. The molecule has 0 aromatic heterocycles. The number of hydrogen-bond acceptors (Lipinski definition) is 8. The maximum atomic E-state index is 13.0. The number of rotatable bonds is 16. The molecule has 3 rings (SSSR count). The number of amides is 3. The van der Waals surface area contributed by atoms with Gasteiger partial charge in [0.05, 0.1) is 25.5 Å². The average Bonchev–Trinajstić information content (AvgIpc) is 2.86. The van der Waals surface area contributed by atoms with Crippen molar-refractivity contribution < 1.29 is 23.9 Å². The number of nitrogens with zero attached hydrogens (tertiary/aromatic N) is 1. The molecular weight excluding hydrogens is 450 g/mol. The van der Waals surface area contributed by atoms with Crippen molar-refractivity contribution in [2.75, 3.05) is 44.9 Å². The monoisotopic (exact) mass is 485 g/mol. The predicted molar refractivity (Wildman–Crippen MR) is 134 cm³/mol. The fourth-order valence-electron chi connectivity index (χ4n) is 4.05. The van der Waals surface area contributed by atoms with E-state index in [-0.39, 0.29) is 18.9 Å². The van der Waals surface area contributed by atoms with Crippen LogP contribution in [0.4, 0.5) is 5.69 Å². The molecule has 0 atom stereocenters. The van der Waals surface area contributed by atoms with E-state index in [1.165, 1.54) is 19.3 Å². The number of carbonyl (C=O) groups excluding carboxylic acids is 3. The second-order valence-electron chi connectivity index (χ2n) is 8.31. The minimum atomic E-state index is -0.420. The van der Waals surface area contributed by atoms with Crippen LogP contribution in [-0.4, -0.2) is 62.1 Å². The SMILES string of the molecule is CCCCCCOCCOCCNC(=O)CCN1C(=O)c2cccc3c(NNN)ccc(c23)C1=O. The number of unbranched alkanes of at least 4 members (excludes halogenated alkanes) is 3. The number of ether oxygens (including phenoxy) is 2. The molecule has 0 fully saturated rings. The van der Waals surface area contributed by atoms with Crippen LogP contribution >= 0.6 is 0 Å². The summed E-state index contributed by atoms with van der Waals surface area (Å²) in [5.41, 5.74) is 6.66. The lowest BCUT2D eigenvalue weighted by Crippen LogP contribution is -2.42. The van der Waals surface area contributed by atoms with Crippen LogP contribution in [0, 0.1) is 0 Å². The van der Waals surface area contributed by atoms with Crippen LogP contribution in [0.3, 0.4) is 0 Å². The van der Waals surface area contributed by atoms with Gasteiger partial charge in [0.25, 0.3) is 11.8 Å². The molecule has 1 aliphatic rings. The van der Waals surface area contributed by atoms with Crippen molar-refractivity contribution in [1.82, 2.24) is 15.8 Å². The molecule has 0 bridgehead atoms. The van der Waals surface area contributed by atoms with E-state index in [1.807, 2.05) is 6.07 Å². The largest absolute Gasteiger partial charge is 0.379 e. The van der Waals surface area contributed by atoms with Gasteiger partial charge in [0.15, 0.2) is 0 Å². The van der Waals surface area contributed by atoms with E-state index < -0.39 is 11.8 Å². The minimum absolute atomic E-state index is 0.00356. The molecule has 35 heavy (non-hydrogen) atoms. The van der Waals surface area contributed by atoms with Crippen LogP contribution in [-0.2, 0) is 14.3 Å². The number of nitrogens with two attached hydrogens (primary N) is 1. The molecular formula is C25H35N5O5. The summed E-state index contributed by atoms with van der Waals surface area (Å²) < 4.78 is 11.0. The second-order valence-corrected chi connectivity index (χ2v) is 8.31. The number of nitrogens with one attached hydrogen (secondary N) is 3. The highest BCUT2D eigenvalue weighted by Gasteiger charge is 2.33. The van der Waals surface area contributed by atoms with Crippen molar-refractivity contribution >= 4 is 34.2 Å². The van der Waals surface area contributed by atoms with Crippen LogP contribution in [0.25, 0.3) is 10.8 Å². The smallest absolute Gasteiger partial charge is 0.261 e. The topological polar surface area (TPSA) is 135 Å². The fourth-order valence-corrected chi connectivity index (χ4v) is 4.05. The van der Waals surface area contributed by atoms with Crippen molar-refractivity contribution in [3.63, 3.8) is 0 Å². The highest BCUT2D eigenvalue weighted by Crippen LogP contribution is 2.34. The van der Waals surface area contributed by atoms with Crippen molar-refractivity contribution in [2.45, 2.75) is 39.0 Å². The van der Waals surface area contributed by atoms with Gasteiger partial charge >= 0.3 is 0 Å². The first kappa shape index (κ1) is 26.6. The Balaban J connectivity index is 1.42. The fraction of sp³-hybridized carbons (Fsp3) is 0.480. The summed E-state index contributed by atoms with van der Waals surface area (Å²) in [5, 5.41) is 4.04. The molecule has 2 aromatic rings. The molecule has 0 saturated carbocycles. The second kappa shape index (κ2) is 13.7. The maximum absolute atomic E-state index is 13.0. The minimum Gasteiger partial charge on any atom is -0.379 e. The van der Waals surface area contributed by atoms with Crippen molar-refractivity contribution in [1.29, 1.82) is 0 Å². The molecule has 1 aliphatic heterocycles. The first-order valence-electron chi connectivity index (χ1n) is 12.1. The van der Waals surface area contributed by atoms with Crippen LogP contribution in [0.15, 0.2) is 30.3 Å². The molecule has 0 spiro atoms. The molecule has 0 unspecified atom stereocenters. The summed E-state index contributed by atoms with van der Waals surface area (Å²) in [6.45, 7) is 4.65. The zero-order chi connectivity index (χ0) is 25.0. The van der Waals surface area contributed by atoms with Crippen molar-refractivity contribution in [3.8, 4) is 0 Å². The first-order chi connectivity index (χ1) is 17.1. The molecule has 10 nitrogen and oxygen atoms in total. The molecule has 10 heteroatoms. The number of imide groups is 1. The molecule has 0 aliphatic carbocycles. The zero-order valence-corrected chi connectivity index (χ0v) is 20.2. The van der Waals surface area contributed by atoms with E-state index >= 15 is 0 Å². The van der Waals surface area contributed by atoms with Gasteiger partial charge in [-0.05, 0) is 24.6 Å². The Morgan fingerprint density at radius 1 is 0.943 bits per heavy atom. The van der Waals surface area contributed by atoms with Crippen LogP contribution in [0.5, 0.6) is 0 Å². The van der Waals surface area contributed by atoms with Gasteiger partial charge in [0.1, 0.15) is 0 Å². The van der Waals surface area contributed by atoms with E-state index in [0.717, 1.165) is 17.9 Å². The third kappa shape index (κ3) is 6.98. The van der Waals surface area contributed by atoms with Crippen LogP contribution in [0.1, 0.15) is 59.7 Å². The zero-order valence-electron chi connectivity index (χ0n) is 20.2. The summed E-state index contributed by atoms with van der Waals surface area (Å²) in [6, 6.07) is 8.61.